The van der Waals surface area contributed by atoms with Gasteiger partial charge in [0.25, 0.3) is 0 Å². The predicted molar refractivity (Wildman–Crippen MR) is 125 cm³/mol. The van der Waals surface area contributed by atoms with Crippen LogP contribution in [-0.4, -0.2) is 39.1 Å². The van der Waals surface area contributed by atoms with Gasteiger partial charge in [0.2, 0.25) is 0 Å². The molecule has 3 atom stereocenters. The van der Waals surface area contributed by atoms with Gasteiger partial charge in [0.1, 0.15) is 11.7 Å². The number of Topliss-reactive ketones (excluding diaryl/α,β-unsaturated/α-hetero) is 1. The SMILES string of the molecule is COC(=O)C1=C(C)NC2=C(C(=O)[C@@H](C(=O)OC)[C@@H](c3ccc(OC)cc3)C2)[C@@H]1c1ccccc1. The summed E-state index contributed by atoms with van der Waals surface area (Å²) in [6.45, 7) is 1.80. The molecule has 176 valence electrons. The van der Waals surface area contributed by atoms with Crippen LogP contribution >= 0.6 is 0 Å². The summed E-state index contributed by atoms with van der Waals surface area (Å²) in [5, 5.41) is 3.27. The minimum absolute atomic E-state index is 0.354. The minimum Gasteiger partial charge on any atom is -0.497 e. The van der Waals surface area contributed by atoms with E-state index in [0.29, 0.717) is 34.7 Å². The number of esters is 2. The molecule has 2 aromatic rings. The Bertz CT molecular complexity index is 1180. The van der Waals surface area contributed by atoms with E-state index in [1.807, 2.05) is 42.5 Å². The zero-order chi connectivity index (χ0) is 24.4. The van der Waals surface area contributed by atoms with Crippen molar-refractivity contribution in [3.63, 3.8) is 0 Å². The summed E-state index contributed by atoms with van der Waals surface area (Å²) in [5.74, 6) is -2.92. The number of dihydropyridines is 1. The third kappa shape index (κ3) is 3.98. The molecule has 1 aliphatic carbocycles. The highest BCUT2D eigenvalue weighted by Gasteiger charge is 2.48. The van der Waals surface area contributed by atoms with E-state index >= 15 is 0 Å². The normalized spacial score (nSPS) is 22.0. The van der Waals surface area contributed by atoms with Crippen LogP contribution in [0.4, 0.5) is 0 Å². The summed E-state index contributed by atoms with van der Waals surface area (Å²) in [6.07, 6.45) is 0.405. The first kappa shape index (κ1) is 23.3. The number of ketones is 1. The summed E-state index contributed by atoms with van der Waals surface area (Å²) >= 11 is 0. The molecule has 1 heterocycles. The fourth-order valence-corrected chi connectivity index (χ4v) is 4.96. The summed E-state index contributed by atoms with van der Waals surface area (Å²) in [6, 6.07) is 16.6. The Balaban J connectivity index is 1.88. The average molecular weight is 462 g/mol. The number of carbonyl (C=O) groups excluding carboxylic acids is 3. The second-order valence-corrected chi connectivity index (χ2v) is 8.34. The van der Waals surface area contributed by atoms with Gasteiger partial charge in [-0.15, -0.1) is 0 Å². The number of rotatable bonds is 5. The largest absolute Gasteiger partial charge is 0.497 e. The van der Waals surface area contributed by atoms with E-state index in [1.54, 1.807) is 26.2 Å². The monoisotopic (exact) mass is 461 g/mol. The second-order valence-electron chi connectivity index (χ2n) is 8.34. The Hall–Kier alpha value is -3.87. The number of hydrogen-bond acceptors (Lipinski definition) is 7. The van der Waals surface area contributed by atoms with Gasteiger partial charge in [-0.3, -0.25) is 9.59 Å². The van der Waals surface area contributed by atoms with E-state index in [9.17, 15) is 14.4 Å². The van der Waals surface area contributed by atoms with Crippen molar-refractivity contribution in [1.29, 1.82) is 0 Å². The van der Waals surface area contributed by atoms with Crippen molar-refractivity contribution < 1.29 is 28.6 Å². The van der Waals surface area contributed by atoms with Crippen molar-refractivity contribution in [3.8, 4) is 5.75 Å². The maximum atomic E-state index is 14.0. The molecule has 0 saturated heterocycles. The summed E-state index contributed by atoms with van der Waals surface area (Å²) in [7, 11) is 4.17. The molecule has 7 nitrogen and oxygen atoms in total. The lowest BCUT2D eigenvalue weighted by atomic mass is 9.67. The first-order valence-electron chi connectivity index (χ1n) is 11.0. The molecule has 0 radical (unpaired) electrons. The molecule has 0 saturated carbocycles. The fourth-order valence-electron chi connectivity index (χ4n) is 4.96. The molecule has 2 aromatic carbocycles. The summed E-state index contributed by atoms with van der Waals surface area (Å²) in [4.78, 5) is 39.7. The Morgan fingerprint density at radius 2 is 1.59 bits per heavy atom. The molecule has 0 amide bonds. The highest BCUT2D eigenvalue weighted by atomic mass is 16.5. The number of hydrogen-bond donors (Lipinski definition) is 1. The molecule has 1 N–H and O–H groups in total. The molecule has 4 rings (SSSR count). The second kappa shape index (κ2) is 9.55. The Morgan fingerprint density at radius 3 is 2.18 bits per heavy atom. The van der Waals surface area contributed by atoms with Crippen molar-refractivity contribution in [2.24, 2.45) is 5.92 Å². The lowest BCUT2D eigenvalue weighted by molar-refractivity contribution is -0.150. The van der Waals surface area contributed by atoms with Crippen LogP contribution in [0, 0.1) is 5.92 Å². The van der Waals surface area contributed by atoms with Gasteiger partial charge >= 0.3 is 11.9 Å². The van der Waals surface area contributed by atoms with Gasteiger partial charge in [0.15, 0.2) is 5.78 Å². The van der Waals surface area contributed by atoms with Crippen molar-refractivity contribution in [1.82, 2.24) is 5.32 Å². The Kier molecular flexibility index (Phi) is 6.54. The first-order valence-corrected chi connectivity index (χ1v) is 11.0. The molecule has 0 aromatic heterocycles. The maximum Gasteiger partial charge on any atom is 0.336 e. The van der Waals surface area contributed by atoms with Gasteiger partial charge in [-0.1, -0.05) is 42.5 Å². The number of ether oxygens (including phenoxy) is 3. The summed E-state index contributed by atoms with van der Waals surface area (Å²) < 4.78 is 15.4. The van der Waals surface area contributed by atoms with Crippen LogP contribution in [0.3, 0.4) is 0 Å². The molecule has 34 heavy (non-hydrogen) atoms. The highest BCUT2D eigenvalue weighted by molar-refractivity contribution is 6.13. The number of benzene rings is 2. The predicted octanol–water partition coefficient (Wildman–Crippen LogP) is 3.63. The zero-order valence-electron chi connectivity index (χ0n) is 19.6. The highest BCUT2D eigenvalue weighted by Crippen LogP contribution is 2.48. The number of allylic oxidation sites excluding steroid dienone is 3. The molecule has 0 unspecified atom stereocenters. The maximum absolute atomic E-state index is 14.0. The van der Waals surface area contributed by atoms with E-state index in [0.717, 1.165) is 11.1 Å². The molecule has 7 heteroatoms. The van der Waals surface area contributed by atoms with Crippen molar-refractivity contribution in [3.05, 3.63) is 88.3 Å². The van der Waals surface area contributed by atoms with Crippen molar-refractivity contribution in [2.75, 3.05) is 21.3 Å². The topological polar surface area (TPSA) is 90.9 Å². The number of carbonyl (C=O) groups is 3. The van der Waals surface area contributed by atoms with Gasteiger partial charge < -0.3 is 19.5 Å². The van der Waals surface area contributed by atoms with E-state index in [4.69, 9.17) is 14.2 Å². The first-order chi connectivity index (χ1) is 16.4. The van der Waals surface area contributed by atoms with Crippen molar-refractivity contribution >= 4 is 17.7 Å². The third-order valence-corrected chi connectivity index (χ3v) is 6.56. The van der Waals surface area contributed by atoms with E-state index < -0.39 is 29.7 Å². The quantitative estimate of drug-likeness (QED) is 0.537. The third-order valence-electron chi connectivity index (χ3n) is 6.56. The minimum atomic E-state index is -1.04. The molecule has 2 aliphatic rings. The average Bonchev–Trinajstić information content (AvgIpc) is 2.87. The van der Waals surface area contributed by atoms with Crippen LogP contribution in [-0.2, 0) is 23.9 Å². The molecule has 0 bridgehead atoms. The Morgan fingerprint density at radius 1 is 0.912 bits per heavy atom. The fraction of sp³-hybridized carbons (Fsp3) is 0.296. The van der Waals surface area contributed by atoms with Gasteiger partial charge in [0, 0.05) is 28.8 Å². The lowest BCUT2D eigenvalue weighted by Gasteiger charge is -2.39. The van der Waals surface area contributed by atoms with Gasteiger partial charge in [-0.2, -0.15) is 0 Å². The van der Waals surface area contributed by atoms with Gasteiger partial charge in [-0.05, 0) is 36.6 Å². The van der Waals surface area contributed by atoms with E-state index in [2.05, 4.69) is 5.32 Å². The molecule has 0 fully saturated rings. The van der Waals surface area contributed by atoms with Crippen LogP contribution in [0.25, 0.3) is 0 Å². The lowest BCUT2D eigenvalue weighted by Crippen LogP contribution is -2.43. The van der Waals surface area contributed by atoms with Gasteiger partial charge in [0.05, 0.1) is 26.9 Å². The standard InChI is InChI=1S/C27H27NO6/c1-15-21(26(30)33-3)22(17-8-6-5-7-9-17)24-20(28-15)14-19(23(25(24)29)27(31)34-4)16-10-12-18(32-2)13-11-16/h5-13,19,22-23,28H,14H2,1-4H3/t19-,22-,23+/m1/s1. The molecule has 0 spiro atoms. The Labute approximate surface area is 198 Å². The molecule has 1 aliphatic heterocycles. The van der Waals surface area contributed by atoms with Gasteiger partial charge in [-0.25, -0.2) is 4.79 Å². The van der Waals surface area contributed by atoms with E-state index in [-0.39, 0.29) is 5.78 Å². The van der Waals surface area contributed by atoms with Crippen molar-refractivity contribution in [2.45, 2.75) is 25.2 Å². The molecular formula is C27H27NO6. The van der Waals surface area contributed by atoms with Crippen LogP contribution in [0.1, 0.15) is 36.3 Å². The zero-order valence-corrected chi connectivity index (χ0v) is 19.6. The van der Waals surface area contributed by atoms with Crippen LogP contribution in [0.2, 0.25) is 0 Å². The van der Waals surface area contributed by atoms with Crippen LogP contribution < -0.4 is 10.1 Å². The smallest absolute Gasteiger partial charge is 0.336 e. The summed E-state index contributed by atoms with van der Waals surface area (Å²) in [5.41, 5.74) is 3.68. The number of nitrogens with one attached hydrogen (secondary N) is 1. The van der Waals surface area contributed by atoms with Crippen LogP contribution in [0.15, 0.2) is 77.1 Å². The molecular weight excluding hydrogens is 434 g/mol. The number of methoxy groups -OCH3 is 3. The van der Waals surface area contributed by atoms with E-state index in [1.165, 1.54) is 14.2 Å². The van der Waals surface area contributed by atoms with Crippen LogP contribution in [0.5, 0.6) is 5.75 Å².